The Kier molecular flexibility index (Phi) is 9.33. The number of carbonyl (C=O) groups excluding carboxylic acids is 2. The first-order valence-electron chi connectivity index (χ1n) is 10.6. The highest BCUT2D eigenvalue weighted by Crippen LogP contribution is 2.22. The quantitative estimate of drug-likeness (QED) is 0.439. The first-order chi connectivity index (χ1) is 14.6. The summed E-state index contributed by atoms with van der Waals surface area (Å²) in [4.78, 5) is 24.5. The summed E-state index contributed by atoms with van der Waals surface area (Å²) in [5.41, 5.74) is -0.578. The number of nitrogens with one attached hydrogen (secondary N) is 3. The second-order valence-electron chi connectivity index (χ2n) is 8.54. The minimum absolute atomic E-state index is 0.0117. The number of aliphatic hydroxyl groups is 1. The third kappa shape index (κ3) is 7.83. The molecule has 174 valence electrons. The molecule has 7 nitrogen and oxygen atoms in total. The minimum atomic E-state index is -1.09. The summed E-state index contributed by atoms with van der Waals surface area (Å²) in [6.45, 7) is 6.68. The number of aliphatic hydroxyl groups excluding tert-OH is 1. The Morgan fingerprint density at radius 2 is 1.74 bits per heavy atom. The van der Waals surface area contributed by atoms with Crippen LogP contribution in [0.1, 0.15) is 39.2 Å². The van der Waals surface area contributed by atoms with Gasteiger partial charge in [0.25, 0.3) is 0 Å². The maximum atomic E-state index is 13.5. The molecule has 31 heavy (non-hydrogen) atoms. The lowest BCUT2D eigenvalue weighted by Crippen LogP contribution is -2.62. The monoisotopic (exact) mass is 441 g/mol. The van der Waals surface area contributed by atoms with Crippen LogP contribution in [0.5, 0.6) is 0 Å². The number of ether oxygens (including phenoxy) is 1. The summed E-state index contributed by atoms with van der Waals surface area (Å²) in [6.07, 6.45) is -0.160. The first kappa shape index (κ1) is 25.2. The maximum Gasteiger partial charge on any atom is 0.240 e. The van der Waals surface area contributed by atoms with Gasteiger partial charge in [-0.15, -0.1) is 0 Å². The van der Waals surface area contributed by atoms with Crippen molar-refractivity contribution in [3.05, 3.63) is 35.4 Å². The molecule has 1 aliphatic rings. The number of hydrogen-bond acceptors (Lipinski definition) is 5. The number of amides is 2. The van der Waals surface area contributed by atoms with Gasteiger partial charge in [-0.2, -0.15) is 0 Å². The van der Waals surface area contributed by atoms with Gasteiger partial charge in [-0.3, -0.25) is 9.59 Å². The molecular weight excluding hydrogens is 408 g/mol. The van der Waals surface area contributed by atoms with E-state index in [1.54, 1.807) is 0 Å². The highest BCUT2D eigenvalue weighted by atomic mass is 19.1. The topological polar surface area (TPSA) is 99.7 Å². The van der Waals surface area contributed by atoms with Crippen molar-refractivity contribution in [3.8, 4) is 0 Å². The smallest absolute Gasteiger partial charge is 0.240 e. The predicted molar refractivity (Wildman–Crippen MR) is 112 cm³/mol. The lowest BCUT2D eigenvalue weighted by molar-refractivity contribution is -0.132. The number of β-amino-alcohol motifs (C(OH)–C–C–N with tert-alkyl or cyclic N) is 1. The molecule has 1 heterocycles. The molecule has 1 saturated heterocycles. The lowest BCUT2D eigenvalue weighted by atomic mass is 9.88. The SMILES string of the molecule is CC(=O)NC(Cc1cc(F)cc(F)c1)C(O)CNC1(C(=O)NCC(C)C)CCOCC1. The van der Waals surface area contributed by atoms with Crippen molar-refractivity contribution in [2.24, 2.45) is 5.92 Å². The van der Waals surface area contributed by atoms with Crippen molar-refractivity contribution in [1.82, 2.24) is 16.0 Å². The molecule has 1 aromatic carbocycles. The largest absolute Gasteiger partial charge is 0.390 e. The van der Waals surface area contributed by atoms with Crippen LogP contribution in [0.4, 0.5) is 8.78 Å². The van der Waals surface area contributed by atoms with Gasteiger partial charge < -0.3 is 25.8 Å². The normalized spacial score (nSPS) is 17.8. The van der Waals surface area contributed by atoms with Gasteiger partial charge in [0, 0.05) is 39.3 Å². The first-order valence-corrected chi connectivity index (χ1v) is 10.6. The standard InChI is InChI=1S/C22H33F2N3O4/c1-14(2)12-25-21(30)22(4-6-31-7-5-22)26-13-20(29)19(27-15(3)28)10-16-8-17(23)11-18(24)9-16/h8-9,11,14,19-20,26,29H,4-7,10,12-13H2,1-3H3,(H,25,30)(H,27,28). The van der Waals surface area contributed by atoms with Crippen LogP contribution in [0.3, 0.4) is 0 Å². The molecule has 0 aromatic heterocycles. The fourth-order valence-corrected chi connectivity index (χ4v) is 3.64. The van der Waals surface area contributed by atoms with E-state index in [1.165, 1.54) is 6.92 Å². The summed E-state index contributed by atoms with van der Waals surface area (Å²) in [5.74, 6) is -1.70. The molecule has 1 fully saturated rings. The molecule has 2 atom stereocenters. The van der Waals surface area contributed by atoms with Crippen LogP contribution < -0.4 is 16.0 Å². The van der Waals surface area contributed by atoms with E-state index in [2.05, 4.69) is 16.0 Å². The summed E-state index contributed by atoms with van der Waals surface area (Å²) < 4.78 is 32.5. The molecule has 4 N–H and O–H groups in total. The van der Waals surface area contributed by atoms with Crippen molar-refractivity contribution in [2.45, 2.75) is 57.7 Å². The van der Waals surface area contributed by atoms with Crippen LogP contribution in [0.25, 0.3) is 0 Å². The van der Waals surface area contributed by atoms with Gasteiger partial charge in [-0.05, 0) is 42.9 Å². The predicted octanol–water partition coefficient (Wildman–Crippen LogP) is 1.28. The molecule has 1 aromatic rings. The van der Waals surface area contributed by atoms with E-state index in [1.807, 2.05) is 13.8 Å². The van der Waals surface area contributed by atoms with Gasteiger partial charge in [0.1, 0.15) is 17.2 Å². The molecule has 9 heteroatoms. The average molecular weight is 442 g/mol. The van der Waals surface area contributed by atoms with Gasteiger partial charge in [-0.1, -0.05) is 13.8 Å². The average Bonchev–Trinajstić information content (AvgIpc) is 2.69. The number of benzene rings is 1. The van der Waals surface area contributed by atoms with Crippen LogP contribution in [-0.4, -0.2) is 60.9 Å². The number of halogens is 2. The van der Waals surface area contributed by atoms with Crippen molar-refractivity contribution in [1.29, 1.82) is 0 Å². The van der Waals surface area contributed by atoms with Crippen molar-refractivity contribution in [3.63, 3.8) is 0 Å². The third-order valence-electron chi connectivity index (χ3n) is 5.33. The van der Waals surface area contributed by atoms with Crippen LogP contribution in [0.15, 0.2) is 18.2 Å². The number of hydrogen-bond donors (Lipinski definition) is 4. The van der Waals surface area contributed by atoms with Gasteiger partial charge in [0.05, 0.1) is 12.1 Å². The molecule has 0 spiro atoms. The molecule has 0 aliphatic carbocycles. The molecule has 0 radical (unpaired) electrons. The zero-order valence-electron chi connectivity index (χ0n) is 18.3. The summed E-state index contributed by atoms with van der Waals surface area (Å²) >= 11 is 0. The van der Waals surface area contributed by atoms with Crippen LogP contribution >= 0.6 is 0 Å². The van der Waals surface area contributed by atoms with Crippen molar-refractivity contribution >= 4 is 11.8 Å². The van der Waals surface area contributed by atoms with Crippen molar-refractivity contribution in [2.75, 3.05) is 26.3 Å². The summed E-state index contributed by atoms with van der Waals surface area (Å²) in [5, 5.41) is 19.5. The highest BCUT2D eigenvalue weighted by molar-refractivity contribution is 5.86. The molecule has 0 saturated carbocycles. The van der Waals surface area contributed by atoms with Crippen molar-refractivity contribution < 1.29 is 28.2 Å². The Hall–Kier alpha value is -2.10. The summed E-state index contributed by atoms with van der Waals surface area (Å²) in [6, 6.07) is 2.30. The van der Waals surface area contributed by atoms with E-state index >= 15 is 0 Å². The minimum Gasteiger partial charge on any atom is -0.390 e. The fourth-order valence-electron chi connectivity index (χ4n) is 3.64. The Balaban J connectivity index is 2.09. The van der Waals surface area contributed by atoms with E-state index in [9.17, 15) is 23.5 Å². The molecule has 2 unspecified atom stereocenters. The van der Waals surface area contributed by atoms with Crippen LogP contribution in [0, 0.1) is 17.6 Å². The lowest BCUT2D eigenvalue weighted by Gasteiger charge is -2.38. The summed E-state index contributed by atoms with van der Waals surface area (Å²) in [7, 11) is 0. The second-order valence-corrected chi connectivity index (χ2v) is 8.54. The second kappa shape index (κ2) is 11.5. The third-order valence-corrected chi connectivity index (χ3v) is 5.33. The number of rotatable bonds is 10. The highest BCUT2D eigenvalue weighted by Gasteiger charge is 2.40. The molecule has 2 rings (SSSR count). The molecule has 1 aliphatic heterocycles. The zero-order chi connectivity index (χ0) is 23.0. The Bertz CT molecular complexity index is 734. The van der Waals surface area contributed by atoms with Gasteiger partial charge >= 0.3 is 0 Å². The Morgan fingerprint density at radius 1 is 1.13 bits per heavy atom. The fraction of sp³-hybridized carbons (Fsp3) is 0.636. The molecular formula is C22H33F2N3O4. The zero-order valence-corrected chi connectivity index (χ0v) is 18.3. The van der Waals surface area contributed by atoms with Gasteiger partial charge in [0.15, 0.2) is 0 Å². The van der Waals surface area contributed by atoms with E-state index < -0.39 is 29.3 Å². The molecule has 0 bridgehead atoms. The van der Waals surface area contributed by atoms with E-state index in [4.69, 9.17) is 4.74 Å². The van der Waals surface area contributed by atoms with E-state index in [0.29, 0.717) is 44.1 Å². The van der Waals surface area contributed by atoms with Crippen LogP contribution in [-0.2, 0) is 20.7 Å². The number of carbonyl (C=O) groups is 2. The van der Waals surface area contributed by atoms with E-state index in [0.717, 1.165) is 18.2 Å². The van der Waals surface area contributed by atoms with E-state index in [-0.39, 0.29) is 24.8 Å². The maximum absolute atomic E-state index is 13.5. The Labute approximate surface area is 181 Å². The molecule has 2 amide bonds. The Morgan fingerprint density at radius 3 is 2.29 bits per heavy atom. The van der Waals surface area contributed by atoms with Gasteiger partial charge in [-0.25, -0.2) is 8.78 Å². The van der Waals surface area contributed by atoms with Crippen LogP contribution in [0.2, 0.25) is 0 Å². The van der Waals surface area contributed by atoms with Gasteiger partial charge in [0.2, 0.25) is 11.8 Å².